The van der Waals surface area contributed by atoms with Crippen LogP contribution in [-0.4, -0.2) is 15.0 Å². The van der Waals surface area contributed by atoms with Crippen LogP contribution >= 0.6 is 10.7 Å². The van der Waals surface area contributed by atoms with Crippen LogP contribution in [0.1, 0.15) is 36.8 Å². The molecule has 0 amide bonds. The Kier molecular flexibility index (Phi) is 3.95. The Balaban J connectivity index is 1.72. The molecule has 0 N–H and O–H groups in total. The molecular weight excluding hydrogens is 308 g/mol. The molecule has 0 saturated heterocycles. The Morgan fingerprint density at radius 1 is 1.19 bits per heavy atom. The van der Waals surface area contributed by atoms with Crippen LogP contribution in [0.15, 0.2) is 17.0 Å². The van der Waals surface area contributed by atoms with Crippen LogP contribution in [-0.2, 0) is 9.05 Å². The van der Waals surface area contributed by atoms with E-state index < -0.39 is 9.05 Å². The van der Waals surface area contributed by atoms with Gasteiger partial charge in [-0.15, -0.1) is 0 Å². The first-order valence-electron chi connectivity index (χ1n) is 7.53. The van der Waals surface area contributed by atoms with Crippen molar-refractivity contribution in [2.45, 2.75) is 44.4 Å². The Morgan fingerprint density at radius 3 is 2.33 bits per heavy atom. The molecule has 2 saturated carbocycles. The van der Waals surface area contributed by atoms with Gasteiger partial charge in [-0.05, 0) is 74.1 Å². The highest BCUT2D eigenvalue weighted by atomic mass is 35.7. The summed E-state index contributed by atoms with van der Waals surface area (Å²) in [6.45, 7) is 4.26. The molecule has 2 bridgehead atoms. The van der Waals surface area contributed by atoms with E-state index in [-0.39, 0.29) is 4.90 Å². The number of halogens is 1. The van der Waals surface area contributed by atoms with E-state index in [1.807, 2.05) is 0 Å². The van der Waals surface area contributed by atoms with Gasteiger partial charge in [0.15, 0.2) is 0 Å². The van der Waals surface area contributed by atoms with Crippen molar-refractivity contribution in [2.75, 3.05) is 6.61 Å². The number of fused-ring (bicyclic) bond motifs is 2. The number of ether oxygens (including phenoxy) is 1. The lowest BCUT2D eigenvalue weighted by atomic mass is 9.89. The largest absolute Gasteiger partial charge is 0.493 e. The van der Waals surface area contributed by atoms with Crippen LogP contribution < -0.4 is 4.74 Å². The van der Waals surface area contributed by atoms with Gasteiger partial charge in [0, 0.05) is 10.7 Å². The molecule has 2 fully saturated rings. The molecule has 21 heavy (non-hydrogen) atoms. The molecule has 0 aromatic heterocycles. The third kappa shape index (κ3) is 3.07. The van der Waals surface area contributed by atoms with Crippen molar-refractivity contribution in [1.82, 2.24) is 0 Å². The molecule has 2 aliphatic carbocycles. The van der Waals surface area contributed by atoms with E-state index in [1.54, 1.807) is 26.0 Å². The maximum atomic E-state index is 11.6. The predicted molar refractivity (Wildman–Crippen MR) is 83.4 cm³/mol. The fourth-order valence-electron chi connectivity index (χ4n) is 4.16. The van der Waals surface area contributed by atoms with Gasteiger partial charge in [0.2, 0.25) is 0 Å². The summed E-state index contributed by atoms with van der Waals surface area (Å²) < 4.78 is 29.1. The summed E-state index contributed by atoms with van der Waals surface area (Å²) in [5, 5.41) is 0. The summed E-state index contributed by atoms with van der Waals surface area (Å²) in [4.78, 5) is 0.205. The molecular formula is C16H21ClO3S. The molecule has 116 valence electrons. The topological polar surface area (TPSA) is 43.4 Å². The van der Waals surface area contributed by atoms with Crippen molar-refractivity contribution in [3.63, 3.8) is 0 Å². The number of hydrogen-bond donors (Lipinski definition) is 0. The molecule has 3 unspecified atom stereocenters. The van der Waals surface area contributed by atoms with E-state index in [0.717, 1.165) is 24.2 Å². The average molecular weight is 329 g/mol. The zero-order valence-corrected chi connectivity index (χ0v) is 14.0. The highest BCUT2D eigenvalue weighted by molar-refractivity contribution is 8.13. The van der Waals surface area contributed by atoms with Crippen molar-refractivity contribution >= 4 is 19.7 Å². The first-order valence-corrected chi connectivity index (χ1v) is 9.84. The van der Waals surface area contributed by atoms with Crippen LogP contribution in [0.4, 0.5) is 0 Å². The smallest absolute Gasteiger partial charge is 0.261 e. The van der Waals surface area contributed by atoms with E-state index >= 15 is 0 Å². The van der Waals surface area contributed by atoms with Crippen LogP contribution in [0.25, 0.3) is 0 Å². The molecule has 0 heterocycles. The minimum atomic E-state index is -3.70. The van der Waals surface area contributed by atoms with Gasteiger partial charge in [0.1, 0.15) is 5.75 Å². The lowest BCUT2D eigenvalue weighted by Crippen LogP contribution is -2.18. The maximum absolute atomic E-state index is 11.6. The molecule has 0 spiro atoms. The minimum absolute atomic E-state index is 0.205. The molecule has 5 heteroatoms. The van der Waals surface area contributed by atoms with Crippen molar-refractivity contribution in [3.8, 4) is 5.75 Å². The average Bonchev–Trinajstić information content (AvgIpc) is 2.95. The highest BCUT2D eigenvalue weighted by Gasteiger charge is 2.39. The molecule has 1 aromatic carbocycles. The minimum Gasteiger partial charge on any atom is -0.493 e. The Bertz CT molecular complexity index is 630. The fraction of sp³-hybridized carbons (Fsp3) is 0.625. The lowest BCUT2D eigenvalue weighted by Gasteiger charge is -2.22. The molecule has 0 radical (unpaired) electrons. The summed E-state index contributed by atoms with van der Waals surface area (Å²) in [6, 6.07) is 3.55. The van der Waals surface area contributed by atoms with Crippen LogP contribution in [0, 0.1) is 31.6 Å². The van der Waals surface area contributed by atoms with Gasteiger partial charge >= 0.3 is 0 Å². The summed E-state index contributed by atoms with van der Waals surface area (Å²) in [6.07, 6.45) is 5.40. The lowest BCUT2D eigenvalue weighted by molar-refractivity contribution is 0.195. The first-order chi connectivity index (χ1) is 9.84. The highest BCUT2D eigenvalue weighted by Crippen LogP contribution is 2.48. The second-order valence-corrected chi connectivity index (χ2v) is 9.07. The maximum Gasteiger partial charge on any atom is 0.261 e. The summed E-state index contributed by atoms with van der Waals surface area (Å²) in [5.41, 5.74) is 1.29. The predicted octanol–water partition coefficient (Wildman–Crippen LogP) is 4.05. The van der Waals surface area contributed by atoms with E-state index in [9.17, 15) is 8.42 Å². The second kappa shape index (κ2) is 5.47. The first kappa shape index (κ1) is 15.2. The quantitative estimate of drug-likeness (QED) is 0.783. The third-order valence-corrected chi connectivity index (χ3v) is 6.62. The van der Waals surface area contributed by atoms with Crippen molar-refractivity contribution in [3.05, 3.63) is 23.3 Å². The van der Waals surface area contributed by atoms with Gasteiger partial charge < -0.3 is 4.74 Å². The Morgan fingerprint density at radius 2 is 1.86 bits per heavy atom. The molecule has 3 nitrogen and oxygen atoms in total. The normalized spacial score (nSPS) is 28.0. The number of hydrogen-bond acceptors (Lipinski definition) is 3. The third-order valence-electron chi connectivity index (χ3n) is 5.03. The van der Waals surface area contributed by atoms with Crippen LogP contribution in [0.3, 0.4) is 0 Å². The number of benzene rings is 1. The molecule has 3 atom stereocenters. The standard InChI is InChI=1S/C16H21ClO3S/c1-10-5-15(6-11(2)16(10)21(17,18)19)20-9-14-8-12-3-4-13(14)7-12/h5-6,12-14H,3-4,7-9H2,1-2H3. The van der Waals surface area contributed by atoms with Crippen LogP contribution in [0.2, 0.25) is 0 Å². The van der Waals surface area contributed by atoms with Crippen molar-refractivity contribution in [2.24, 2.45) is 17.8 Å². The van der Waals surface area contributed by atoms with Crippen molar-refractivity contribution < 1.29 is 13.2 Å². The van der Waals surface area contributed by atoms with E-state index in [0.29, 0.717) is 17.0 Å². The Labute approximate surface area is 131 Å². The summed E-state index contributed by atoms with van der Waals surface area (Å²) in [7, 11) is 1.77. The molecule has 3 rings (SSSR count). The van der Waals surface area contributed by atoms with Gasteiger partial charge in [-0.3, -0.25) is 0 Å². The number of aryl methyl sites for hydroxylation is 2. The Hall–Kier alpha value is -0.740. The van der Waals surface area contributed by atoms with Gasteiger partial charge in [-0.25, -0.2) is 8.42 Å². The zero-order chi connectivity index (χ0) is 15.2. The number of rotatable bonds is 4. The fourth-order valence-corrected chi connectivity index (χ4v) is 5.78. The second-order valence-electron chi connectivity index (χ2n) is 6.57. The zero-order valence-electron chi connectivity index (χ0n) is 12.4. The van der Waals surface area contributed by atoms with E-state index in [4.69, 9.17) is 15.4 Å². The van der Waals surface area contributed by atoms with E-state index in [1.165, 1.54) is 25.7 Å². The van der Waals surface area contributed by atoms with E-state index in [2.05, 4.69) is 0 Å². The SMILES string of the molecule is Cc1cc(OCC2CC3CCC2C3)cc(C)c1S(=O)(=O)Cl. The van der Waals surface area contributed by atoms with Crippen molar-refractivity contribution in [1.29, 1.82) is 0 Å². The van der Waals surface area contributed by atoms with Gasteiger partial charge in [-0.1, -0.05) is 6.42 Å². The van der Waals surface area contributed by atoms with Gasteiger partial charge in [0.25, 0.3) is 9.05 Å². The summed E-state index contributed by atoms with van der Waals surface area (Å²) >= 11 is 0. The van der Waals surface area contributed by atoms with Gasteiger partial charge in [0.05, 0.1) is 11.5 Å². The molecule has 1 aromatic rings. The summed E-state index contributed by atoms with van der Waals surface area (Å²) in [5.74, 6) is 3.16. The molecule has 0 aliphatic heterocycles. The van der Waals surface area contributed by atoms with Gasteiger partial charge in [-0.2, -0.15) is 0 Å². The molecule has 2 aliphatic rings. The monoisotopic (exact) mass is 328 g/mol. The van der Waals surface area contributed by atoms with Crippen LogP contribution in [0.5, 0.6) is 5.75 Å².